The third-order valence-corrected chi connectivity index (χ3v) is 2.31. The number of aliphatic carboxylic acids is 1. The minimum atomic E-state index is -0.776. The van der Waals surface area contributed by atoms with Crippen LogP contribution in [-0.4, -0.2) is 22.1 Å². The van der Waals surface area contributed by atoms with Crippen molar-refractivity contribution in [2.24, 2.45) is 0 Å². The molecule has 0 radical (unpaired) electrons. The number of carbonyl (C=O) groups is 1. The van der Waals surface area contributed by atoms with Crippen molar-refractivity contribution in [3.8, 4) is 6.07 Å². The summed E-state index contributed by atoms with van der Waals surface area (Å²) in [5.74, 6) is -0.131. The minimum Gasteiger partial charge on any atom is -0.481 e. The van der Waals surface area contributed by atoms with Gasteiger partial charge in [0.05, 0.1) is 11.6 Å². The number of aromatic nitrogens is 1. The number of nitrogens with one attached hydrogen (secondary N) is 1. The Balaban J connectivity index is 2.42. The maximum absolute atomic E-state index is 10.4. The zero-order chi connectivity index (χ0) is 12.7. The van der Waals surface area contributed by atoms with Crippen molar-refractivity contribution in [2.75, 3.05) is 5.32 Å². The molecule has 0 bridgehead atoms. The van der Waals surface area contributed by atoms with Crippen molar-refractivity contribution in [1.29, 1.82) is 5.26 Å². The molecule has 0 saturated heterocycles. The zero-order valence-corrected chi connectivity index (χ0v) is 9.68. The molecule has 0 amide bonds. The lowest BCUT2D eigenvalue weighted by atomic mass is 10.1. The van der Waals surface area contributed by atoms with Gasteiger partial charge in [-0.3, -0.25) is 4.79 Å². The largest absolute Gasteiger partial charge is 0.481 e. The first-order valence-corrected chi connectivity index (χ1v) is 5.46. The van der Waals surface area contributed by atoms with Crippen LogP contribution >= 0.6 is 0 Å². The third-order valence-electron chi connectivity index (χ3n) is 2.31. The molecular weight excluding hydrogens is 218 g/mol. The second kappa shape index (κ2) is 6.48. The Labute approximate surface area is 100 Å². The van der Waals surface area contributed by atoms with Gasteiger partial charge in [-0.1, -0.05) is 0 Å². The standard InChI is InChI=1S/C12H15N3O2/c1-9(3-2-4-12(16)17)15-11-7-10(8-13)5-6-14-11/h5-7,9H,2-4H2,1H3,(H,14,15)(H,16,17). The van der Waals surface area contributed by atoms with E-state index in [2.05, 4.69) is 10.3 Å². The summed E-state index contributed by atoms with van der Waals surface area (Å²) in [5.41, 5.74) is 0.556. The normalized spacial score (nSPS) is 11.5. The third kappa shape index (κ3) is 4.98. The lowest BCUT2D eigenvalue weighted by molar-refractivity contribution is -0.137. The van der Waals surface area contributed by atoms with Crippen LogP contribution in [0.2, 0.25) is 0 Å². The van der Waals surface area contributed by atoms with E-state index in [1.807, 2.05) is 13.0 Å². The summed E-state index contributed by atoms with van der Waals surface area (Å²) in [6.45, 7) is 1.96. The van der Waals surface area contributed by atoms with Gasteiger partial charge in [0.1, 0.15) is 5.82 Å². The lowest BCUT2D eigenvalue weighted by Crippen LogP contribution is -2.16. The average Bonchev–Trinajstić information content (AvgIpc) is 2.28. The average molecular weight is 233 g/mol. The molecule has 5 heteroatoms. The highest BCUT2D eigenvalue weighted by Gasteiger charge is 2.05. The predicted octanol–water partition coefficient (Wildman–Crippen LogP) is 2.01. The minimum absolute atomic E-state index is 0.135. The Morgan fingerprint density at radius 3 is 3.12 bits per heavy atom. The summed E-state index contributed by atoms with van der Waals surface area (Å²) in [6, 6.07) is 5.49. The molecular formula is C12H15N3O2. The molecule has 5 nitrogen and oxygen atoms in total. The van der Waals surface area contributed by atoms with Crippen LogP contribution in [0.3, 0.4) is 0 Å². The number of nitrogens with zero attached hydrogens (tertiary/aromatic N) is 2. The number of nitriles is 1. The first-order chi connectivity index (χ1) is 8.11. The zero-order valence-electron chi connectivity index (χ0n) is 9.68. The molecule has 0 aliphatic carbocycles. The Bertz CT molecular complexity index is 426. The highest BCUT2D eigenvalue weighted by Crippen LogP contribution is 2.10. The molecule has 1 atom stereocenters. The quantitative estimate of drug-likeness (QED) is 0.784. The summed E-state index contributed by atoms with van der Waals surface area (Å²) in [4.78, 5) is 14.4. The summed E-state index contributed by atoms with van der Waals surface area (Å²) in [7, 11) is 0. The molecule has 1 aromatic heterocycles. The van der Waals surface area contributed by atoms with Crippen LogP contribution < -0.4 is 5.32 Å². The van der Waals surface area contributed by atoms with Gasteiger partial charge in [-0.2, -0.15) is 5.26 Å². The SMILES string of the molecule is CC(CCCC(=O)O)Nc1cc(C#N)ccn1. The second-order valence-electron chi connectivity index (χ2n) is 3.87. The van der Waals surface area contributed by atoms with E-state index in [1.165, 1.54) is 0 Å². The molecule has 0 aromatic carbocycles. The molecule has 1 unspecified atom stereocenters. The molecule has 1 rings (SSSR count). The van der Waals surface area contributed by atoms with Gasteiger partial charge >= 0.3 is 5.97 Å². The van der Waals surface area contributed by atoms with Gasteiger partial charge in [-0.15, -0.1) is 0 Å². The molecule has 90 valence electrons. The maximum atomic E-state index is 10.4. The van der Waals surface area contributed by atoms with Gasteiger partial charge in [-0.05, 0) is 31.9 Å². The van der Waals surface area contributed by atoms with Crippen molar-refractivity contribution in [3.05, 3.63) is 23.9 Å². The van der Waals surface area contributed by atoms with Crippen LogP contribution in [0.25, 0.3) is 0 Å². The van der Waals surface area contributed by atoms with Gasteiger partial charge in [0.2, 0.25) is 0 Å². The van der Waals surface area contributed by atoms with Gasteiger partial charge in [0.15, 0.2) is 0 Å². The smallest absolute Gasteiger partial charge is 0.303 e. The number of hydrogen-bond acceptors (Lipinski definition) is 4. The molecule has 1 aromatic rings. The Hall–Kier alpha value is -2.09. The van der Waals surface area contributed by atoms with Crippen LogP contribution in [-0.2, 0) is 4.79 Å². The molecule has 2 N–H and O–H groups in total. The van der Waals surface area contributed by atoms with Crippen LogP contribution in [0.4, 0.5) is 5.82 Å². The first-order valence-electron chi connectivity index (χ1n) is 5.46. The van der Waals surface area contributed by atoms with Crippen LogP contribution in [0.15, 0.2) is 18.3 Å². The fraction of sp³-hybridized carbons (Fsp3) is 0.417. The number of pyridine rings is 1. The van der Waals surface area contributed by atoms with Crippen molar-refractivity contribution >= 4 is 11.8 Å². The fourth-order valence-electron chi connectivity index (χ4n) is 1.46. The van der Waals surface area contributed by atoms with Crippen LogP contribution in [0.5, 0.6) is 0 Å². The number of hydrogen-bond donors (Lipinski definition) is 2. The van der Waals surface area contributed by atoms with Crippen molar-refractivity contribution in [2.45, 2.75) is 32.2 Å². The predicted molar refractivity (Wildman–Crippen MR) is 63.5 cm³/mol. The number of anilines is 1. The summed E-state index contributed by atoms with van der Waals surface area (Å²) in [6.07, 6.45) is 3.13. The summed E-state index contributed by atoms with van der Waals surface area (Å²) < 4.78 is 0. The van der Waals surface area contributed by atoms with E-state index in [9.17, 15) is 4.79 Å². The Morgan fingerprint density at radius 2 is 2.47 bits per heavy atom. The van der Waals surface area contributed by atoms with Crippen molar-refractivity contribution < 1.29 is 9.90 Å². The summed E-state index contributed by atoms with van der Waals surface area (Å²) in [5, 5.41) is 20.4. The number of rotatable bonds is 6. The van der Waals surface area contributed by atoms with E-state index in [-0.39, 0.29) is 12.5 Å². The van der Waals surface area contributed by atoms with Gasteiger partial charge < -0.3 is 10.4 Å². The van der Waals surface area contributed by atoms with Crippen molar-refractivity contribution in [1.82, 2.24) is 4.98 Å². The molecule has 1 heterocycles. The van der Waals surface area contributed by atoms with Gasteiger partial charge in [0.25, 0.3) is 0 Å². The topological polar surface area (TPSA) is 86.0 Å². The molecule has 0 spiro atoms. The fourth-order valence-corrected chi connectivity index (χ4v) is 1.46. The first kappa shape index (κ1) is 13.0. The van der Waals surface area contributed by atoms with Crippen molar-refractivity contribution in [3.63, 3.8) is 0 Å². The van der Waals surface area contributed by atoms with Crippen LogP contribution in [0, 0.1) is 11.3 Å². The van der Waals surface area contributed by atoms with E-state index in [4.69, 9.17) is 10.4 Å². The number of carboxylic acids is 1. The van der Waals surface area contributed by atoms with E-state index >= 15 is 0 Å². The second-order valence-corrected chi connectivity index (χ2v) is 3.87. The van der Waals surface area contributed by atoms with E-state index in [0.29, 0.717) is 17.8 Å². The number of carboxylic acid groups (broad SMARTS) is 1. The van der Waals surface area contributed by atoms with E-state index in [0.717, 1.165) is 6.42 Å². The summed E-state index contributed by atoms with van der Waals surface area (Å²) >= 11 is 0. The van der Waals surface area contributed by atoms with Gasteiger partial charge in [-0.25, -0.2) is 4.98 Å². The highest BCUT2D eigenvalue weighted by atomic mass is 16.4. The molecule has 0 aliphatic rings. The Kier molecular flexibility index (Phi) is 4.95. The van der Waals surface area contributed by atoms with Gasteiger partial charge in [0, 0.05) is 18.7 Å². The van der Waals surface area contributed by atoms with E-state index < -0.39 is 5.97 Å². The molecule has 0 aliphatic heterocycles. The van der Waals surface area contributed by atoms with E-state index in [1.54, 1.807) is 18.3 Å². The lowest BCUT2D eigenvalue weighted by Gasteiger charge is -2.13. The maximum Gasteiger partial charge on any atom is 0.303 e. The monoisotopic (exact) mass is 233 g/mol. The van der Waals surface area contributed by atoms with Crippen LogP contribution in [0.1, 0.15) is 31.7 Å². The molecule has 0 saturated carbocycles. The molecule has 0 fully saturated rings. The highest BCUT2D eigenvalue weighted by molar-refractivity contribution is 5.66. The Morgan fingerprint density at radius 1 is 1.71 bits per heavy atom. The molecule has 17 heavy (non-hydrogen) atoms.